The van der Waals surface area contributed by atoms with E-state index in [1.807, 2.05) is 55.5 Å². The lowest BCUT2D eigenvalue weighted by atomic mass is 10.2. The van der Waals surface area contributed by atoms with Gasteiger partial charge < -0.3 is 14.6 Å². The molecular weight excluding hydrogens is 420 g/mol. The van der Waals surface area contributed by atoms with Crippen LogP contribution >= 0.6 is 0 Å². The molecule has 4 aromatic rings. The van der Waals surface area contributed by atoms with Gasteiger partial charge in [-0.1, -0.05) is 29.8 Å². The molecule has 0 saturated heterocycles. The number of carbonyl (C=O) groups is 1. The molecule has 0 aliphatic rings. The zero-order chi connectivity index (χ0) is 23.2. The smallest absolute Gasteiger partial charge is 0.269 e. The van der Waals surface area contributed by atoms with Crippen molar-refractivity contribution in [3.05, 3.63) is 99.9 Å². The van der Waals surface area contributed by atoms with E-state index in [1.54, 1.807) is 0 Å². The lowest BCUT2D eigenvalue weighted by molar-refractivity contribution is -0.384. The Morgan fingerprint density at radius 3 is 2.52 bits per heavy atom. The molecule has 0 spiro atoms. The molecule has 0 aliphatic carbocycles. The van der Waals surface area contributed by atoms with Crippen molar-refractivity contribution in [1.82, 2.24) is 14.9 Å². The zero-order valence-corrected chi connectivity index (χ0v) is 18.2. The van der Waals surface area contributed by atoms with Crippen molar-refractivity contribution >= 4 is 22.6 Å². The van der Waals surface area contributed by atoms with E-state index in [2.05, 4.69) is 9.88 Å². The van der Waals surface area contributed by atoms with E-state index in [0.717, 1.165) is 22.6 Å². The molecule has 0 radical (unpaired) electrons. The number of hydrogen-bond donors (Lipinski definition) is 1. The van der Waals surface area contributed by atoms with Gasteiger partial charge in [0.05, 0.1) is 22.5 Å². The van der Waals surface area contributed by atoms with Crippen molar-refractivity contribution in [2.24, 2.45) is 0 Å². The number of hydrogen-bond acceptors (Lipinski definition) is 5. The van der Waals surface area contributed by atoms with Crippen LogP contribution in [0.3, 0.4) is 0 Å². The van der Waals surface area contributed by atoms with E-state index < -0.39 is 4.92 Å². The third-order valence-corrected chi connectivity index (χ3v) is 5.31. The Morgan fingerprint density at radius 2 is 1.79 bits per heavy atom. The number of ether oxygens (including phenoxy) is 1. The van der Waals surface area contributed by atoms with Gasteiger partial charge in [0.15, 0.2) is 0 Å². The number of para-hydroxylation sites is 2. The van der Waals surface area contributed by atoms with Gasteiger partial charge in [0.1, 0.15) is 18.2 Å². The number of nitrogens with zero attached hydrogens (tertiary/aromatic N) is 3. The average molecular weight is 444 g/mol. The highest BCUT2D eigenvalue weighted by atomic mass is 16.6. The predicted octanol–water partition coefficient (Wildman–Crippen LogP) is 4.30. The molecule has 4 rings (SSSR count). The van der Waals surface area contributed by atoms with E-state index in [4.69, 9.17) is 9.72 Å². The molecule has 33 heavy (non-hydrogen) atoms. The Bertz CT molecular complexity index is 1260. The minimum absolute atomic E-state index is 0.0480. The second kappa shape index (κ2) is 9.95. The number of aromatic nitrogens is 2. The van der Waals surface area contributed by atoms with Crippen LogP contribution in [-0.2, 0) is 13.0 Å². The van der Waals surface area contributed by atoms with E-state index in [0.29, 0.717) is 31.7 Å². The van der Waals surface area contributed by atoms with E-state index in [-0.39, 0.29) is 11.6 Å². The highest BCUT2D eigenvalue weighted by Crippen LogP contribution is 2.18. The summed E-state index contributed by atoms with van der Waals surface area (Å²) in [5, 5.41) is 13.6. The van der Waals surface area contributed by atoms with Crippen molar-refractivity contribution < 1.29 is 14.5 Å². The van der Waals surface area contributed by atoms with Crippen LogP contribution in [0.15, 0.2) is 72.8 Å². The van der Waals surface area contributed by atoms with E-state index >= 15 is 0 Å². The van der Waals surface area contributed by atoms with Crippen molar-refractivity contribution in [2.45, 2.75) is 19.9 Å². The number of carbonyl (C=O) groups excluding carboxylic acids is 1. The van der Waals surface area contributed by atoms with Gasteiger partial charge in [-0.15, -0.1) is 0 Å². The van der Waals surface area contributed by atoms with Gasteiger partial charge in [-0.25, -0.2) is 4.98 Å². The standard InChI is InChI=1S/C25H24N4O4/c1-18-6-12-21(13-7-18)33-17-16-28-23-5-3-2-4-22(23)27-24(28)14-15-26-25(30)19-8-10-20(11-9-19)29(31)32/h2-13H,14-17H2,1H3,(H,26,30). The minimum atomic E-state index is -0.491. The SMILES string of the molecule is Cc1ccc(OCCn2c(CCNC(=O)c3ccc([N+](=O)[O-])cc3)nc3ccccc32)cc1. The quantitative estimate of drug-likeness (QED) is 0.306. The van der Waals surface area contributed by atoms with E-state index in [9.17, 15) is 14.9 Å². The summed E-state index contributed by atoms with van der Waals surface area (Å²) in [5.41, 5.74) is 3.42. The van der Waals surface area contributed by atoms with Gasteiger partial charge in [0.2, 0.25) is 0 Å². The molecule has 0 unspecified atom stereocenters. The first-order chi connectivity index (χ1) is 16.0. The fourth-order valence-electron chi connectivity index (χ4n) is 3.58. The molecule has 168 valence electrons. The molecule has 1 amide bonds. The van der Waals surface area contributed by atoms with Crippen LogP contribution in [0.2, 0.25) is 0 Å². The van der Waals surface area contributed by atoms with Crippen LogP contribution in [0.5, 0.6) is 5.75 Å². The monoisotopic (exact) mass is 444 g/mol. The summed E-state index contributed by atoms with van der Waals surface area (Å²) in [6.45, 7) is 3.54. The molecule has 1 N–H and O–H groups in total. The lowest BCUT2D eigenvalue weighted by Gasteiger charge is -2.11. The molecular formula is C25H24N4O4. The number of nitro groups is 1. The maximum atomic E-state index is 12.4. The molecule has 8 nitrogen and oxygen atoms in total. The van der Waals surface area contributed by atoms with Gasteiger partial charge in [-0.3, -0.25) is 14.9 Å². The third kappa shape index (κ3) is 5.35. The number of nitrogens with one attached hydrogen (secondary N) is 1. The normalized spacial score (nSPS) is 10.8. The Balaban J connectivity index is 1.40. The Labute approximate surface area is 191 Å². The van der Waals surface area contributed by atoms with Crippen LogP contribution in [-0.4, -0.2) is 33.5 Å². The summed E-state index contributed by atoms with van der Waals surface area (Å²) in [5.74, 6) is 1.39. The summed E-state index contributed by atoms with van der Waals surface area (Å²) < 4.78 is 8.01. The van der Waals surface area contributed by atoms with Crippen molar-refractivity contribution in [3.63, 3.8) is 0 Å². The number of imidazole rings is 1. The Morgan fingerprint density at radius 1 is 1.06 bits per heavy atom. The van der Waals surface area contributed by atoms with Crippen LogP contribution in [0.4, 0.5) is 5.69 Å². The number of amides is 1. The highest BCUT2D eigenvalue weighted by Gasteiger charge is 2.13. The van der Waals surface area contributed by atoms with Gasteiger partial charge >= 0.3 is 0 Å². The number of benzene rings is 3. The highest BCUT2D eigenvalue weighted by molar-refractivity contribution is 5.94. The fourth-order valence-corrected chi connectivity index (χ4v) is 3.58. The predicted molar refractivity (Wildman–Crippen MR) is 126 cm³/mol. The van der Waals surface area contributed by atoms with Gasteiger partial charge in [-0.05, 0) is 43.3 Å². The number of aryl methyl sites for hydroxylation is 1. The van der Waals surface area contributed by atoms with Crippen molar-refractivity contribution in [3.8, 4) is 5.75 Å². The number of nitro benzene ring substituents is 1. The van der Waals surface area contributed by atoms with Crippen LogP contribution in [0.1, 0.15) is 21.7 Å². The van der Waals surface area contributed by atoms with E-state index in [1.165, 1.54) is 29.8 Å². The largest absolute Gasteiger partial charge is 0.492 e. The molecule has 0 atom stereocenters. The van der Waals surface area contributed by atoms with Crippen LogP contribution in [0, 0.1) is 17.0 Å². The summed E-state index contributed by atoms with van der Waals surface area (Å²) in [7, 11) is 0. The summed E-state index contributed by atoms with van der Waals surface area (Å²) in [6, 6.07) is 21.4. The molecule has 0 bridgehead atoms. The molecule has 0 aliphatic heterocycles. The number of fused-ring (bicyclic) bond motifs is 1. The van der Waals surface area contributed by atoms with Gasteiger partial charge in [0, 0.05) is 30.7 Å². The molecule has 3 aromatic carbocycles. The topological polar surface area (TPSA) is 99.3 Å². The van der Waals surface area contributed by atoms with Crippen molar-refractivity contribution in [2.75, 3.05) is 13.2 Å². The Kier molecular flexibility index (Phi) is 6.64. The van der Waals surface area contributed by atoms with Gasteiger partial charge in [0.25, 0.3) is 11.6 Å². The lowest BCUT2D eigenvalue weighted by Crippen LogP contribution is -2.26. The molecule has 0 fully saturated rings. The van der Waals surface area contributed by atoms with Crippen LogP contribution < -0.4 is 10.1 Å². The first kappa shape index (κ1) is 22.0. The molecule has 8 heteroatoms. The Hall–Kier alpha value is -4.20. The molecule has 1 heterocycles. The average Bonchev–Trinajstić information content (AvgIpc) is 3.17. The summed E-state index contributed by atoms with van der Waals surface area (Å²) in [6.07, 6.45) is 0.540. The zero-order valence-electron chi connectivity index (χ0n) is 18.2. The molecule has 1 aromatic heterocycles. The second-order valence-electron chi connectivity index (χ2n) is 7.64. The van der Waals surface area contributed by atoms with Gasteiger partial charge in [-0.2, -0.15) is 0 Å². The number of rotatable bonds is 9. The number of non-ortho nitro benzene ring substituents is 1. The maximum absolute atomic E-state index is 12.4. The third-order valence-electron chi connectivity index (χ3n) is 5.31. The fraction of sp³-hybridized carbons (Fsp3) is 0.200. The maximum Gasteiger partial charge on any atom is 0.269 e. The molecule has 0 saturated carbocycles. The summed E-state index contributed by atoms with van der Waals surface area (Å²) in [4.78, 5) is 27.4. The van der Waals surface area contributed by atoms with Crippen LogP contribution in [0.25, 0.3) is 11.0 Å². The second-order valence-corrected chi connectivity index (χ2v) is 7.64. The first-order valence-electron chi connectivity index (χ1n) is 10.7. The summed E-state index contributed by atoms with van der Waals surface area (Å²) >= 11 is 0. The van der Waals surface area contributed by atoms with Crippen molar-refractivity contribution in [1.29, 1.82) is 0 Å². The minimum Gasteiger partial charge on any atom is -0.492 e. The first-order valence-corrected chi connectivity index (χ1v) is 10.7.